The molecule has 0 aliphatic rings. The van der Waals surface area contributed by atoms with Crippen LogP contribution in [0.25, 0.3) is 0 Å². The van der Waals surface area contributed by atoms with Gasteiger partial charge < -0.3 is 10.2 Å². The van der Waals surface area contributed by atoms with E-state index >= 15 is 0 Å². The fraction of sp³-hybridized carbons (Fsp3) is 0.429. The van der Waals surface area contributed by atoms with Crippen molar-refractivity contribution >= 4 is 23.0 Å². The lowest BCUT2D eigenvalue weighted by Gasteiger charge is -2.23. The summed E-state index contributed by atoms with van der Waals surface area (Å²) in [6.45, 7) is 2.99. The molecule has 0 aliphatic heterocycles. The summed E-state index contributed by atoms with van der Waals surface area (Å²) in [5.74, 6) is 0. The van der Waals surface area contributed by atoms with Gasteiger partial charge in [0.2, 0.25) is 0 Å². The fourth-order valence-electron chi connectivity index (χ4n) is 2.10. The number of rotatable bonds is 6. The van der Waals surface area contributed by atoms with E-state index in [1.165, 1.54) is 0 Å². The molecule has 20 heavy (non-hydrogen) atoms. The Kier molecular flexibility index (Phi) is 4.84. The van der Waals surface area contributed by atoms with Crippen LogP contribution >= 0.6 is 11.6 Å². The minimum absolute atomic E-state index is 0.316. The molecule has 1 aromatic heterocycles. The maximum Gasteiger partial charge on any atom is 0.137 e. The molecule has 2 rings (SSSR count). The normalized spacial score (nSPS) is 12.2. The van der Waals surface area contributed by atoms with Crippen molar-refractivity contribution < 1.29 is 0 Å². The van der Waals surface area contributed by atoms with Crippen molar-refractivity contribution in [3.05, 3.63) is 35.9 Å². The largest absolute Gasteiger partial charge is 0.381 e. The summed E-state index contributed by atoms with van der Waals surface area (Å²) >= 11 is 6.26. The van der Waals surface area contributed by atoms with Gasteiger partial charge in [0.05, 0.1) is 16.4 Å². The summed E-state index contributed by atoms with van der Waals surface area (Å²) in [4.78, 5) is 5.96. The maximum absolute atomic E-state index is 6.26. The van der Waals surface area contributed by atoms with Gasteiger partial charge in [-0.2, -0.15) is 5.10 Å². The van der Waals surface area contributed by atoms with E-state index < -0.39 is 0 Å². The Morgan fingerprint density at radius 2 is 2.20 bits per heavy atom. The van der Waals surface area contributed by atoms with Gasteiger partial charge >= 0.3 is 0 Å². The molecule has 1 heterocycles. The molecule has 0 saturated heterocycles. The first-order valence-electron chi connectivity index (χ1n) is 6.62. The number of anilines is 2. The zero-order chi connectivity index (χ0) is 14.5. The molecular weight excluding hydrogens is 274 g/mol. The highest BCUT2D eigenvalue weighted by Gasteiger charge is 2.11. The number of benzene rings is 1. The van der Waals surface area contributed by atoms with Gasteiger partial charge in [-0.1, -0.05) is 17.7 Å². The van der Waals surface area contributed by atoms with Crippen LogP contribution in [0.5, 0.6) is 0 Å². The molecule has 1 unspecified atom stereocenters. The van der Waals surface area contributed by atoms with Crippen LogP contribution in [0, 0.1) is 0 Å². The van der Waals surface area contributed by atoms with Crippen molar-refractivity contribution in [1.82, 2.24) is 14.8 Å². The van der Waals surface area contributed by atoms with E-state index in [0.717, 1.165) is 29.4 Å². The van der Waals surface area contributed by atoms with E-state index in [-0.39, 0.29) is 0 Å². The second-order valence-corrected chi connectivity index (χ2v) is 5.43. The first kappa shape index (κ1) is 14.7. The van der Waals surface area contributed by atoms with Crippen LogP contribution in [0.4, 0.5) is 11.4 Å². The Balaban J connectivity index is 2.00. The minimum Gasteiger partial charge on any atom is -0.381 e. The standard InChI is InChI=1S/C14H20ClN5/c1-11(7-8-20-10-16-9-17-20)18-13-6-4-5-12(15)14(13)19(2)3/h4-6,9-11,18H,7-8H2,1-3H3. The monoisotopic (exact) mass is 293 g/mol. The number of halogens is 1. The van der Waals surface area contributed by atoms with E-state index in [0.29, 0.717) is 6.04 Å². The number of aromatic nitrogens is 3. The summed E-state index contributed by atoms with van der Waals surface area (Å²) in [6.07, 6.45) is 4.25. The topological polar surface area (TPSA) is 46.0 Å². The van der Waals surface area contributed by atoms with Crippen LogP contribution in [-0.2, 0) is 6.54 Å². The zero-order valence-electron chi connectivity index (χ0n) is 12.0. The number of hydrogen-bond donors (Lipinski definition) is 1. The highest BCUT2D eigenvalue weighted by molar-refractivity contribution is 6.34. The van der Waals surface area contributed by atoms with Gasteiger partial charge in [0.25, 0.3) is 0 Å². The Morgan fingerprint density at radius 3 is 2.85 bits per heavy atom. The smallest absolute Gasteiger partial charge is 0.137 e. The van der Waals surface area contributed by atoms with E-state index in [9.17, 15) is 0 Å². The van der Waals surface area contributed by atoms with Crippen molar-refractivity contribution in [3.63, 3.8) is 0 Å². The molecule has 6 heteroatoms. The summed E-state index contributed by atoms with van der Waals surface area (Å²) in [6, 6.07) is 6.23. The molecule has 0 radical (unpaired) electrons. The fourth-order valence-corrected chi connectivity index (χ4v) is 2.44. The van der Waals surface area contributed by atoms with Crippen molar-refractivity contribution in [2.24, 2.45) is 0 Å². The molecule has 0 amide bonds. The second kappa shape index (κ2) is 6.61. The van der Waals surface area contributed by atoms with Crippen LogP contribution in [0.2, 0.25) is 5.02 Å². The van der Waals surface area contributed by atoms with Crippen molar-refractivity contribution in [1.29, 1.82) is 0 Å². The number of aryl methyl sites for hydroxylation is 1. The average molecular weight is 294 g/mol. The van der Waals surface area contributed by atoms with E-state index in [2.05, 4.69) is 22.3 Å². The van der Waals surface area contributed by atoms with E-state index in [1.807, 2.05) is 41.9 Å². The molecule has 5 nitrogen and oxygen atoms in total. The molecule has 0 fully saturated rings. The van der Waals surface area contributed by atoms with E-state index in [4.69, 9.17) is 11.6 Å². The summed E-state index contributed by atoms with van der Waals surface area (Å²) < 4.78 is 1.84. The number of nitrogens with one attached hydrogen (secondary N) is 1. The molecule has 0 bridgehead atoms. The van der Waals surface area contributed by atoms with Gasteiger partial charge in [-0.25, -0.2) is 4.98 Å². The Morgan fingerprint density at radius 1 is 1.40 bits per heavy atom. The number of nitrogens with zero attached hydrogens (tertiary/aromatic N) is 4. The lowest BCUT2D eigenvalue weighted by molar-refractivity contribution is 0.544. The average Bonchev–Trinajstić information content (AvgIpc) is 2.89. The van der Waals surface area contributed by atoms with Crippen LogP contribution in [-0.4, -0.2) is 34.9 Å². The van der Waals surface area contributed by atoms with Gasteiger partial charge in [-0.15, -0.1) is 0 Å². The SMILES string of the molecule is CC(CCn1cncn1)Nc1cccc(Cl)c1N(C)C. The summed E-state index contributed by atoms with van der Waals surface area (Å²) in [7, 11) is 3.99. The molecule has 1 atom stereocenters. The minimum atomic E-state index is 0.316. The second-order valence-electron chi connectivity index (χ2n) is 5.02. The molecule has 2 aromatic rings. The predicted molar refractivity (Wildman–Crippen MR) is 83.5 cm³/mol. The molecule has 0 spiro atoms. The van der Waals surface area contributed by atoms with Gasteiger partial charge in [0.1, 0.15) is 12.7 Å². The third-order valence-electron chi connectivity index (χ3n) is 3.09. The number of para-hydroxylation sites is 1. The van der Waals surface area contributed by atoms with Crippen molar-refractivity contribution in [2.45, 2.75) is 25.9 Å². The quantitative estimate of drug-likeness (QED) is 0.889. The molecule has 108 valence electrons. The van der Waals surface area contributed by atoms with Crippen molar-refractivity contribution in [2.75, 3.05) is 24.3 Å². The van der Waals surface area contributed by atoms with Crippen LogP contribution in [0.1, 0.15) is 13.3 Å². The van der Waals surface area contributed by atoms with Crippen LogP contribution < -0.4 is 10.2 Å². The lowest BCUT2D eigenvalue weighted by atomic mass is 10.2. The van der Waals surface area contributed by atoms with Crippen LogP contribution in [0.15, 0.2) is 30.9 Å². The Labute approximate surface area is 124 Å². The molecule has 0 aliphatic carbocycles. The summed E-state index contributed by atoms with van der Waals surface area (Å²) in [5, 5.41) is 8.36. The predicted octanol–water partition coefficient (Wildman–Crippen LogP) is 2.89. The Hall–Kier alpha value is -1.75. The molecular formula is C14H20ClN5. The lowest BCUT2D eigenvalue weighted by Crippen LogP contribution is -2.20. The van der Waals surface area contributed by atoms with E-state index in [1.54, 1.807) is 12.7 Å². The van der Waals surface area contributed by atoms with Gasteiger partial charge in [-0.05, 0) is 25.5 Å². The molecule has 1 N–H and O–H groups in total. The van der Waals surface area contributed by atoms with Gasteiger partial charge in [0.15, 0.2) is 0 Å². The van der Waals surface area contributed by atoms with Gasteiger partial charge in [-0.3, -0.25) is 4.68 Å². The first-order valence-corrected chi connectivity index (χ1v) is 7.00. The third kappa shape index (κ3) is 3.63. The molecule has 0 saturated carbocycles. The first-order chi connectivity index (χ1) is 9.58. The zero-order valence-corrected chi connectivity index (χ0v) is 12.8. The van der Waals surface area contributed by atoms with Crippen LogP contribution in [0.3, 0.4) is 0 Å². The highest BCUT2D eigenvalue weighted by Crippen LogP contribution is 2.32. The van der Waals surface area contributed by atoms with Crippen molar-refractivity contribution in [3.8, 4) is 0 Å². The van der Waals surface area contributed by atoms with Gasteiger partial charge in [0, 0.05) is 26.7 Å². The highest BCUT2D eigenvalue weighted by atomic mass is 35.5. The summed E-state index contributed by atoms with van der Waals surface area (Å²) in [5.41, 5.74) is 2.07. The maximum atomic E-state index is 6.26. The Bertz CT molecular complexity index is 539. The number of hydrogen-bond acceptors (Lipinski definition) is 4. The third-order valence-corrected chi connectivity index (χ3v) is 3.40. The molecule has 1 aromatic carbocycles.